The number of piperazine rings is 1. The number of hydrogen-bond donors (Lipinski definition) is 0. The molecule has 1 aliphatic rings. The summed E-state index contributed by atoms with van der Waals surface area (Å²) in [6.45, 7) is 3.01. The normalized spacial score (nSPS) is 15.5. The van der Waals surface area contributed by atoms with Gasteiger partial charge in [0.2, 0.25) is 10.0 Å². The van der Waals surface area contributed by atoms with Crippen LogP contribution in [0, 0.1) is 5.82 Å². The third-order valence-electron chi connectivity index (χ3n) is 4.89. The molecule has 1 saturated heterocycles. The molecule has 4 rings (SSSR count). The molecule has 0 saturated carbocycles. The molecule has 0 unspecified atom stereocenters. The number of carbonyl (C=O) groups is 1. The molecule has 0 N–H and O–H groups in total. The molecule has 1 aromatic carbocycles. The second kappa shape index (κ2) is 8.29. The Morgan fingerprint density at radius 2 is 1.93 bits per heavy atom. The Morgan fingerprint density at radius 3 is 2.60 bits per heavy atom. The molecule has 1 aliphatic heterocycles. The van der Waals surface area contributed by atoms with Gasteiger partial charge >= 0.3 is 5.97 Å². The third-order valence-corrected chi connectivity index (χ3v) is 8.12. The molecule has 0 atom stereocenters. The first-order valence-electron chi connectivity index (χ1n) is 9.47. The Labute approximate surface area is 177 Å². The van der Waals surface area contributed by atoms with Crippen LogP contribution in [0.25, 0.3) is 10.1 Å². The van der Waals surface area contributed by atoms with E-state index in [0.29, 0.717) is 17.8 Å². The zero-order chi connectivity index (χ0) is 21.3. The maximum atomic E-state index is 14.6. The van der Waals surface area contributed by atoms with Crippen LogP contribution in [0.3, 0.4) is 0 Å². The molecule has 158 valence electrons. The van der Waals surface area contributed by atoms with Gasteiger partial charge in [0.25, 0.3) is 0 Å². The average Bonchev–Trinajstić information content (AvgIpc) is 3.17. The van der Waals surface area contributed by atoms with E-state index in [4.69, 9.17) is 4.74 Å². The van der Waals surface area contributed by atoms with Crippen LogP contribution in [0.1, 0.15) is 16.6 Å². The summed E-state index contributed by atoms with van der Waals surface area (Å²) in [5.41, 5.74) is 0. The third kappa shape index (κ3) is 3.66. The van der Waals surface area contributed by atoms with E-state index < -0.39 is 21.8 Å². The lowest BCUT2D eigenvalue weighted by Crippen LogP contribution is -2.49. The van der Waals surface area contributed by atoms with Crippen LogP contribution in [0.4, 0.5) is 10.2 Å². The molecule has 0 bridgehead atoms. The van der Waals surface area contributed by atoms with Crippen LogP contribution in [0.2, 0.25) is 0 Å². The summed E-state index contributed by atoms with van der Waals surface area (Å²) in [4.78, 5) is 18.4. The summed E-state index contributed by atoms with van der Waals surface area (Å²) in [7, 11) is -4.11. The van der Waals surface area contributed by atoms with Crippen molar-refractivity contribution in [1.29, 1.82) is 0 Å². The van der Waals surface area contributed by atoms with Gasteiger partial charge in [0, 0.05) is 42.5 Å². The van der Waals surface area contributed by atoms with Crippen LogP contribution < -0.4 is 4.90 Å². The van der Waals surface area contributed by atoms with Gasteiger partial charge in [-0.3, -0.25) is 0 Å². The van der Waals surface area contributed by atoms with Crippen molar-refractivity contribution in [1.82, 2.24) is 9.29 Å². The van der Waals surface area contributed by atoms with E-state index in [1.54, 1.807) is 19.2 Å². The number of anilines is 1. The lowest BCUT2D eigenvalue weighted by atomic mass is 10.2. The molecule has 0 radical (unpaired) electrons. The number of pyridine rings is 1. The SMILES string of the molecule is CCOC(=O)c1sc2cccc(F)c2c1S(=O)(=O)N1CCN(c2ccccn2)CC1. The van der Waals surface area contributed by atoms with Gasteiger partial charge in [-0.1, -0.05) is 12.1 Å². The summed E-state index contributed by atoms with van der Waals surface area (Å²) in [6.07, 6.45) is 1.68. The standard InChI is InChI=1S/C20H20FN3O4S2/c1-2-28-20(25)18-19(17-14(21)6-5-7-15(17)29-18)30(26,27)24-12-10-23(11-13-24)16-8-3-4-9-22-16/h3-9H,2,10-13H2,1H3. The molecule has 7 nitrogen and oxygen atoms in total. The number of nitrogens with zero attached hydrogens (tertiary/aromatic N) is 3. The minimum absolute atomic E-state index is 0.0577. The number of ether oxygens (including phenoxy) is 1. The fraction of sp³-hybridized carbons (Fsp3) is 0.300. The molecule has 0 spiro atoms. The van der Waals surface area contributed by atoms with Gasteiger partial charge in [0.05, 0.1) is 6.61 Å². The van der Waals surface area contributed by atoms with Crippen LogP contribution >= 0.6 is 11.3 Å². The minimum atomic E-state index is -4.11. The monoisotopic (exact) mass is 449 g/mol. The van der Waals surface area contributed by atoms with Gasteiger partial charge in [0.15, 0.2) is 0 Å². The smallest absolute Gasteiger partial charge is 0.349 e. The van der Waals surface area contributed by atoms with Crippen molar-refractivity contribution >= 4 is 43.2 Å². The summed E-state index contributed by atoms with van der Waals surface area (Å²) >= 11 is 0.934. The van der Waals surface area contributed by atoms with Crippen molar-refractivity contribution < 1.29 is 22.3 Å². The number of fused-ring (bicyclic) bond motifs is 1. The van der Waals surface area contributed by atoms with E-state index in [-0.39, 0.29) is 34.9 Å². The van der Waals surface area contributed by atoms with Crippen LogP contribution in [-0.4, -0.2) is 56.5 Å². The number of carbonyl (C=O) groups excluding carboxylic acids is 1. The zero-order valence-corrected chi connectivity index (χ0v) is 17.9. The quantitative estimate of drug-likeness (QED) is 0.557. The summed E-state index contributed by atoms with van der Waals surface area (Å²) < 4.78 is 48.4. The number of hydrogen-bond acceptors (Lipinski definition) is 7. The van der Waals surface area contributed by atoms with Crippen molar-refractivity contribution in [3.63, 3.8) is 0 Å². The zero-order valence-electron chi connectivity index (χ0n) is 16.2. The fourth-order valence-electron chi connectivity index (χ4n) is 3.48. The molecular formula is C20H20FN3O4S2. The second-order valence-electron chi connectivity index (χ2n) is 6.67. The summed E-state index contributed by atoms with van der Waals surface area (Å²) in [5, 5.41) is -0.0577. The first-order chi connectivity index (χ1) is 14.4. The number of sulfonamides is 1. The van der Waals surface area contributed by atoms with E-state index in [1.165, 1.54) is 16.4 Å². The molecule has 10 heteroatoms. The number of thiophene rings is 1. The van der Waals surface area contributed by atoms with E-state index >= 15 is 0 Å². The second-order valence-corrected chi connectivity index (χ2v) is 9.60. The molecule has 2 aromatic heterocycles. The maximum absolute atomic E-state index is 14.6. The van der Waals surface area contributed by atoms with Crippen LogP contribution in [-0.2, 0) is 14.8 Å². The van der Waals surface area contributed by atoms with Gasteiger partial charge in [-0.15, -0.1) is 11.3 Å². The molecule has 0 amide bonds. The lowest BCUT2D eigenvalue weighted by Gasteiger charge is -2.34. The van der Waals surface area contributed by atoms with E-state index in [9.17, 15) is 17.6 Å². The number of rotatable bonds is 5. The van der Waals surface area contributed by atoms with Crippen LogP contribution in [0.5, 0.6) is 0 Å². The predicted molar refractivity (Wildman–Crippen MR) is 113 cm³/mol. The Morgan fingerprint density at radius 1 is 1.17 bits per heavy atom. The van der Waals surface area contributed by atoms with E-state index in [0.717, 1.165) is 17.2 Å². The topological polar surface area (TPSA) is 79.8 Å². The maximum Gasteiger partial charge on any atom is 0.349 e. The molecule has 30 heavy (non-hydrogen) atoms. The average molecular weight is 450 g/mol. The number of benzene rings is 1. The molecule has 3 aromatic rings. The largest absolute Gasteiger partial charge is 0.462 e. The van der Waals surface area contributed by atoms with E-state index in [1.807, 2.05) is 23.1 Å². The van der Waals surface area contributed by atoms with Crippen molar-refractivity contribution in [2.75, 3.05) is 37.7 Å². The van der Waals surface area contributed by atoms with Crippen LogP contribution in [0.15, 0.2) is 47.5 Å². The Balaban J connectivity index is 1.71. The predicted octanol–water partition coefficient (Wildman–Crippen LogP) is 3.12. The highest BCUT2D eigenvalue weighted by Gasteiger charge is 2.36. The number of halogens is 1. The van der Waals surface area contributed by atoms with Gasteiger partial charge in [0.1, 0.15) is 21.4 Å². The summed E-state index contributed by atoms with van der Waals surface area (Å²) in [5.74, 6) is -0.664. The van der Waals surface area contributed by atoms with E-state index in [2.05, 4.69) is 4.98 Å². The van der Waals surface area contributed by atoms with Crippen molar-refractivity contribution in [2.45, 2.75) is 11.8 Å². The highest BCUT2D eigenvalue weighted by Crippen LogP contribution is 2.38. The minimum Gasteiger partial charge on any atom is -0.462 e. The Kier molecular flexibility index (Phi) is 5.72. The van der Waals surface area contributed by atoms with Crippen molar-refractivity contribution in [2.24, 2.45) is 0 Å². The van der Waals surface area contributed by atoms with Gasteiger partial charge in [-0.05, 0) is 31.2 Å². The first kappa shape index (κ1) is 20.7. The van der Waals surface area contributed by atoms with Gasteiger partial charge in [-0.2, -0.15) is 4.31 Å². The van der Waals surface area contributed by atoms with Gasteiger partial charge in [-0.25, -0.2) is 22.6 Å². The number of aromatic nitrogens is 1. The molecule has 0 aliphatic carbocycles. The molecule has 3 heterocycles. The first-order valence-corrected chi connectivity index (χ1v) is 11.7. The Hall–Kier alpha value is -2.56. The number of esters is 1. The van der Waals surface area contributed by atoms with Gasteiger partial charge < -0.3 is 9.64 Å². The Bertz CT molecular complexity index is 1170. The van der Waals surface area contributed by atoms with Crippen molar-refractivity contribution in [3.8, 4) is 0 Å². The molecular weight excluding hydrogens is 429 g/mol. The highest BCUT2D eigenvalue weighted by atomic mass is 32.2. The fourth-order valence-corrected chi connectivity index (χ4v) is 6.68. The lowest BCUT2D eigenvalue weighted by molar-refractivity contribution is 0.0528. The summed E-state index contributed by atoms with van der Waals surface area (Å²) in [6, 6.07) is 9.84. The molecule has 1 fully saturated rings. The highest BCUT2D eigenvalue weighted by molar-refractivity contribution is 7.89. The van der Waals surface area contributed by atoms with Crippen molar-refractivity contribution in [3.05, 3.63) is 53.3 Å².